The Balaban J connectivity index is 2.15. The number of nitrogens with zero attached hydrogens (tertiary/aromatic N) is 2. The third-order valence-electron chi connectivity index (χ3n) is 4.28. The van der Waals surface area contributed by atoms with Crippen LogP contribution in [-0.4, -0.2) is 69.1 Å². The van der Waals surface area contributed by atoms with Crippen molar-refractivity contribution in [3.8, 4) is 17.2 Å². The monoisotopic (exact) mass is 350 g/mol. The molecule has 1 fully saturated rings. The van der Waals surface area contributed by atoms with Crippen LogP contribution in [0.5, 0.6) is 17.2 Å². The number of carbonyl (C=O) groups is 2. The molecule has 0 aromatic heterocycles. The number of rotatable bonds is 5. The fourth-order valence-electron chi connectivity index (χ4n) is 2.88. The summed E-state index contributed by atoms with van der Waals surface area (Å²) in [6, 6.07) is 3.30. The molecule has 2 amide bonds. The smallest absolute Gasteiger partial charge is 0.254 e. The lowest BCUT2D eigenvalue weighted by molar-refractivity contribution is -0.135. The van der Waals surface area contributed by atoms with Gasteiger partial charge >= 0.3 is 0 Å². The van der Waals surface area contributed by atoms with E-state index in [0.717, 1.165) is 0 Å². The molecule has 1 heterocycles. The second-order valence-electron chi connectivity index (χ2n) is 6.19. The minimum absolute atomic E-state index is 0.0302. The number of hydrogen-bond acceptors (Lipinski definition) is 5. The van der Waals surface area contributed by atoms with Crippen LogP contribution in [0.1, 0.15) is 24.2 Å². The van der Waals surface area contributed by atoms with Gasteiger partial charge in [0, 0.05) is 37.7 Å². The maximum Gasteiger partial charge on any atom is 0.254 e. The van der Waals surface area contributed by atoms with Crippen molar-refractivity contribution in [3.63, 3.8) is 0 Å². The molecule has 1 saturated heterocycles. The van der Waals surface area contributed by atoms with Crippen LogP contribution in [0.25, 0.3) is 0 Å². The summed E-state index contributed by atoms with van der Waals surface area (Å²) in [5.41, 5.74) is 0.470. The Bertz CT molecular complexity index is 611. The standard InChI is InChI=1S/C18H26N2O5/c1-12(2)17(21)19-6-8-20(9-7-19)18(22)13-10-14(23-3)16(25-5)15(11-13)24-4/h10-12H,6-9H2,1-5H3. The summed E-state index contributed by atoms with van der Waals surface area (Å²) >= 11 is 0. The fraction of sp³-hybridized carbons (Fsp3) is 0.556. The number of methoxy groups -OCH3 is 3. The Hall–Kier alpha value is -2.44. The fourth-order valence-corrected chi connectivity index (χ4v) is 2.88. The van der Waals surface area contributed by atoms with Crippen LogP contribution in [0.3, 0.4) is 0 Å². The van der Waals surface area contributed by atoms with Gasteiger partial charge in [0.1, 0.15) is 0 Å². The van der Waals surface area contributed by atoms with Crippen molar-refractivity contribution in [2.24, 2.45) is 5.92 Å². The van der Waals surface area contributed by atoms with Gasteiger partial charge in [0.2, 0.25) is 11.7 Å². The number of carbonyl (C=O) groups excluding carboxylic acids is 2. The van der Waals surface area contributed by atoms with Crippen molar-refractivity contribution in [2.75, 3.05) is 47.5 Å². The van der Waals surface area contributed by atoms with Gasteiger partial charge in [-0.15, -0.1) is 0 Å². The van der Waals surface area contributed by atoms with Crippen molar-refractivity contribution in [2.45, 2.75) is 13.8 Å². The lowest BCUT2D eigenvalue weighted by Crippen LogP contribution is -2.51. The van der Waals surface area contributed by atoms with E-state index in [1.807, 2.05) is 18.7 Å². The highest BCUT2D eigenvalue weighted by Crippen LogP contribution is 2.38. The van der Waals surface area contributed by atoms with Gasteiger partial charge in [-0.1, -0.05) is 13.8 Å². The second-order valence-corrected chi connectivity index (χ2v) is 6.19. The highest BCUT2D eigenvalue weighted by Gasteiger charge is 2.27. The first kappa shape index (κ1) is 18.9. The number of amides is 2. The topological polar surface area (TPSA) is 68.3 Å². The van der Waals surface area contributed by atoms with Crippen LogP contribution in [0.4, 0.5) is 0 Å². The summed E-state index contributed by atoms with van der Waals surface area (Å²) < 4.78 is 15.9. The maximum atomic E-state index is 12.8. The van der Waals surface area contributed by atoms with Crippen molar-refractivity contribution in [1.29, 1.82) is 0 Å². The van der Waals surface area contributed by atoms with E-state index in [1.165, 1.54) is 21.3 Å². The van der Waals surface area contributed by atoms with Crippen LogP contribution in [0.2, 0.25) is 0 Å². The lowest BCUT2D eigenvalue weighted by Gasteiger charge is -2.35. The lowest BCUT2D eigenvalue weighted by atomic mass is 10.1. The summed E-state index contributed by atoms with van der Waals surface area (Å²) in [7, 11) is 4.55. The van der Waals surface area contributed by atoms with Crippen LogP contribution >= 0.6 is 0 Å². The Kier molecular flexibility index (Phi) is 6.12. The molecule has 7 heteroatoms. The van der Waals surface area contributed by atoms with E-state index in [-0.39, 0.29) is 17.7 Å². The van der Waals surface area contributed by atoms with Crippen LogP contribution in [-0.2, 0) is 4.79 Å². The van der Waals surface area contributed by atoms with Gasteiger partial charge in [0.25, 0.3) is 5.91 Å². The highest BCUT2D eigenvalue weighted by atomic mass is 16.5. The van der Waals surface area contributed by atoms with Crippen LogP contribution in [0, 0.1) is 5.92 Å². The van der Waals surface area contributed by atoms with Gasteiger partial charge in [-0.2, -0.15) is 0 Å². The molecular formula is C18H26N2O5. The quantitative estimate of drug-likeness (QED) is 0.808. The molecule has 1 aliphatic heterocycles. The van der Waals surface area contributed by atoms with E-state index >= 15 is 0 Å². The van der Waals surface area contributed by atoms with E-state index in [4.69, 9.17) is 14.2 Å². The van der Waals surface area contributed by atoms with Gasteiger partial charge < -0.3 is 24.0 Å². The van der Waals surface area contributed by atoms with Gasteiger partial charge in [-0.3, -0.25) is 9.59 Å². The molecule has 25 heavy (non-hydrogen) atoms. The molecule has 0 radical (unpaired) electrons. The predicted molar refractivity (Wildman–Crippen MR) is 93.4 cm³/mol. The zero-order valence-electron chi connectivity index (χ0n) is 15.5. The van der Waals surface area contributed by atoms with Gasteiger partial charge in [0.15, 0.2) is 11.5 Å². The molecule has 0 aliphatic carbocycles. The zero-order chi connectivity index (χ0) is 18.6. The Labute approximate surface area is 148 Å². The Morgan fingerprint density at radius 3 is 1.76 bits per heavy atom. The molecular weight excluding hydrogens is 324 g/mol. The summed E-state index contributed by atoms with van der Waals surface area (Å²) in [6.07, 6.45) is 0. The SMILES string of the molecule is COc1cc(C(=O)N2CCN(C(=O)C(C)C)CC2)cc(OC)c1OC. The number of piperazine rings is 1. The normalized spacial score (nSPS) is 14.5. The highest BCUT2D eigenvalue weighted by molar-refractivity contribution is 5.96. The third-order valence-corrected chi connectivity index (χ3v) is 4.28. The molecule has 1 aromatic carbocycles. The predicted octanol–water partition coefficient (Wildman–Crippen LogP) is 1.65. The average Bonchev–Trinajstić information content (AvgIpc) is 2.65. The number of benzene rings is 1. The van der Waals surface area contributed by atoms with Crippen molar-refractivity contribution < 1.29 is 23.8 Å². The molecule has 1 aromatic rings. The van der Waals surface area contributed by atoms with E-state index < -0.39 is 0 Å². The summed E-state index contributed by atoms with van der Waals surface area (Å²) in [4.78, 5) is 28.4. The summed E-state index contributed by atoms with van der Waals surface area (Å²) in [5.74, 6) is 1.32. The molecule has 0 atom stereocenters. The molecule has 0 bridgehead atoms. The average molecular weight is 350 g/mol. The molecule has 0 spiro atoms. The van der Waals surface area contributed by atoms with Crippen molar-refractivity contribution in [3.05, 3.63) is 17.7 Å². The summed E-state index contributed by atoms with van der Waals surface area (Å²) in [5, 5.41) is 0. The molecule has 7 nitrogen and oxygen atoms in total. The maximum absolute atomic E-state index is 12.8. The first-order chi connectivity index (χ1) is 11.9. The third kappa shape index (κ3) is 3.97. The van der Waals surface area contributed by atoms with E-state index in [9.17, 15) is 9.59 Å². The largest absolute Gasteiger partial charge is 0.493 e. The second kappa shape index (κ2) is 8.09. The Morgan fingerprint density at radius 2 is 1.36 bits per heavy atom. The minimum Gasteiger partial charge on any atom is -0.493 e. The van der Waals surface area contributed by atoms with Crippen molar-refractivity contribution >= 4 is 11.8 Å². The minimum atomic E-state index is -0.115. The number of ether oxygens (including phenoxy) is 3. The molecule has 0 N–H and O–H groups in total. The Morgan fingerprint density at radius 1 is 0.880 bits per heavy atom. The summed E-state index contributed by atoms with van der Waals surface area (Å²) in [6.45, 7) is 5.88. The molecule has 0 saturated carbocycles. The molecule has 1 aliphatic rings. The van der Waals surface area contributed by atoms with Gasteiger partial charge in [0.05, 0.1) is 21.3 Å². The molecule has 2 rings (SSSR count). The van der Waals surface area contributed by atoms with Gasteiger partial charge in [-0.05, 0) is 12.1 Å². The van der Waals surface area contributed by atoms with Crippen molar-refractivity contribution in [1.82, 2.24) is 9.80 Å². The zero-order valence-corrected chi connectivity index (χ0v) is 15.5. The van der Waals surface area contributed by atoms with E-state index in [1.54, 1.807) is 17.0 Å². The van der Waals surface area contributed by atoms with Crippen LogP contribution in [0.15, 0.2) is 12.1 Å². The van der Waals surface area contributed by atoms with Gasteiger partial charge in [-0.25, -0.2) is 0 Å². The number of hydrogen-bond donors (Lipinski definition) is 0. The van der Waals surface area contributed by atoms with Crippen LogP contribution < -0.4 is 14.2 Å². The first-order valence-electron chi connectivity index (χ1n) is 8.31. The van der Waals surface area contributed by atoms with E-state index in [2.05, 4.69) is 0 Å². The first-order valence-corrected chi connectivity index (χ1v) is 8.31. The van der Waals surface area contributed by atoms with E-state index in [0.29, 0.717) is 49.0 Å². The molecule has 0 unspecified atom stereocenters. The molecule has 138 valence electrons.